The monoisotopic (exact) mass is 292 g/mol. The van der Waals surface area contributed by atoms with Crippen LogP contribution in [0.15, 0.2) is 18.5 Å². The topological polar surface area (TPSA) is 51.5 Å². The van der Waals surface area contributed by atoms with Gasteiger partial charge in [-0.1, -0.05) is 0 Å². The molecule has 5 nitrogen and oxygen atoms in total. The molecule has 0 aromatic carbocycles. The Morgan fingerprint density at radius 3 is 2.45 bits per heavy atom. The van der Waals surface area contributed by atoms with Gasteiger partial charge >= 0.3 is 12.3 Å². The fourth-order valence-corrected chi connectivity index (χ4v) is 1.37. The molecule has 0 aliphatic heterocycles. The fourth-order valence-electron chi connectivity index (χ4n) is 1.37. The first-order valence-electron chi connectivity index (χ1n) is 5.72. The number of aromatic nitrogens is 1. The van der Waals surface area contributed by atoms with E-state index < -0.39 is 24.4 Å². The lowest BCUT2D eigenvalue weighted by atomic mass is 10.2. The lowest BCUT2D eigenvalue weighted by Crippen LogP contribution is -2.33. The van der Waals surface area contributed by atoms with Gasteiger partial charge < -0.3 is 9.64 Å². The van der Waals surface area contributed by atoms with Crippen LogP contribution in [0.4, 0.5) is 23.7 Å². The van der Waals surface area contributed by atoms with Crippen LogP contribution in [0.25, 0.3) is 0 Å². The Balaban J connectivity index is 2.85. The third kappa shape index (κ3) is 4.94. The molecule has 0 fully saturated rings. The van der Waals surface area contributed by atoms with Crippen molar-refractivity contribution in [3.8, 4) is 0 Å². The maximum Gasteiger partial charge on any atom is 0.418 e. The first kappa shape index (κ1) is 16.1. The van der Waals surface area contributed by atoms with Gasteiger partial charge in [-0.15, -0.1) is 0 Å². The van der Waals surface area contributed by atoms with E-state index in [1.54, 1.807) is 20.8 Å². The van der Waals surface area contributed by atoms with Crippen LogP contribution in [0.3, 0.4) is 0 Å². The SMILES string of the molecule is CC(C)(C)OC(=O)n1ccc(N(C=O)CC(F)(F)F)c1. The van der Waals surface area contributed by atoms with Crippen molar-refractivity contribution < 1.29 is 27.5 Å². The van der Waals surface area contributed by atoms with Crippen LogP contribution in [-0.4, -0.2) is 35.4 Å². The molecule has 0 aliphatic carbocycles. The zero-order chi connectivity index (χ0) is 15.6. The summed E-state index contributed by atoms with van der Waals surface area (Å²) in [5.74, 6) is 0. The minimum absolute atomic E-state index is 0.0387. The molecule has 1 aromatic heterocycles. The van der Waals surface area contributed by atoms with E-state index in [0.717, 1.165) is 10.8 Å². The summed E-state index contributed by atoms with van der Waals surface area (Å²) in [4.78, 5) is 22.8. The summed E-state index contributed by atoms with van der Waals surface area (Å²) in [6, 6.07) is 1.23. The number of carbonyl (C=O) groups is 2. The Bertz CT molecular complexity index is 489. The summed E-state index contributed by atoms with van der Waals surface area (Å²) in [5.41, 5.74) is -0.763. The summed E-state index contributed by atoms with van der Waals surface area (Å²) in [6.45, 7) is 3.57. The molecule has 8 heteroatoms. The molecule has 1 aromatic rings. The molecule has 0 atom stereocenters. The van der Waals surface area contributed by atoms with Crippen LogP contribution in [0, 0.1) is 0 Å². The van der Waals surface area contributed by atoms with Gasteiger partial charge in [0, 0.05) is 12.4 Å². The lowest BCUT2D eigenvalue weighted by molar-refractivity contribution is -0.126. The van der Waals surface area contributed by atoms with Crippen molar-refractivity contribution in [2.75, 3.05) is 11.4 Å². The molecule has 0 unspecified atom stereocenters. The van der Waals surface area contributed by atoms with Crippen molar-refractivity contribution >= 4 is 18.2 Å². The summed E-state index contributed by atoms with van der Waals surface area (Å²) in [7, 11) is 0. The third-order valence-corrected chi connectivity index (χ3v) is 2.09. The molecule has 0 aliphatic rings. The van der Waals surface area contributed by atoms with Crippen LogP contribution < -0.4 is 4.90 Å². The fraction of sp³-hybridized carbons (Fsp3) is 0.500. The molecule has 0 radical (unpaired) electrons. The van der Waals surface area contributed by atoms with Gasteiger partial charge in [0.15, 0.2) is 0 Å². The molecular weight excluding hydrogens is 277 g/mol. The molecule has 0 N–H and O–H groups in total. The second-order valence-corrected chi connectivity index (χ2v) is 5.11. The zero-order valence-electron chi connectivity index (χ0n) is 11.3. The van der Waals surface area contributed by atoms with Gasteiger partial charge in [-0.05, 0) is 26.8 Å². The van der Waals surface area contributed by atoms with E-state index in [2.05, 4.69) is 0 Å². The minimum Gasteiger partial charge on any atom is -0.443 e. The normalized spacial score (nSPS) is 12.1. The molecule has 1 rings (SSSR count). The number of ether oxygens (including phenoxy) is 1. The van der Waals surface area contributed by atoms with Gasteiger partial charge in [0.05, 0.1) is 5.69 Å². The van der Waals surface area contributed by atoms with E-state index in [1.807, 2.05) is 0 Å². The molecule has 1 heterocycles. The van der Waals surface area contributed by atoms with Crippen LogP contribution >= 0.6 is 0 Å². The van der Waals surface area contributed by atoms with Crippen molar-refractivity contribution in [2.45, 2.75) is 32.5 Å². The number of nitrogens with zero attached hydrogens (tertiary/aromatic N) is 2. The van der Waals surface area contributed by atoms with Gasteiger partial charge in [0.2, 0.25) is 6.41 Å². The number of rotatable bonds is 3. The predicted octanol–water partition coefficient (Wildman–Crippen LogP) is 2.80. The Morgan fingerprint density at radius 2 is 2.00 bits per heavy atom. The Hall–Kier alpha value is -1.99. The minimum atomic E-state index is -4.52. The molecule has 0 spiro atoms. The number of anilines is 1. The van der Waals surface area contributed by atoms with Gasteiger partial charge in [-0.25, -0.2) is 4.79 Å². The average Bonchev–Trinajstić information content (AvgIpc) is 2.71. The summed E-state index contributed by atoms with van der Waals surface area (Å²) in [5, 5.41) is 0. The Morgan fingerprint density at radius 1 is 1.40 bits per heavy atom. The maximum atomic E-state index is 12.3. The summed E-state index contributed by atoms with van der Waals surface area (Å²) < 4.78 is 42.8. The number of amides is 1. The molecule has 0 saturated carbocycles. The van der Waals surface area contributed by atoms with Gasteiger partial charge in [0.1, 0.15) is 12.1 Å². The first-order chi connectivity index (χ1) is 9.02. The molecule has 112 valence electrons. The second-order valence-electron chi connectivity index (χ2n) is 5.11. The van der Waals surface area contributed by atoms with Crippen LogP contribution in [0.5, 0.6) is 0 Å². The van der Waals surface area contributed by atoms with E-state index in [1.165, 1.54) is 12.3 Å². The zero-order valence-corrected chi connectivity index (χ0v) is 11.3. The van der Waals surface area contributed by atoms with Crippen molar-refractivity contribution in [2.24, 2.45) is 0 Å². The predicted molar refractivity (Wildman–Crippen MR) is 65.5 cm³/mol. The highest BCUT2D eigenvalue weighted by Crippen LogP contribution is 2.21. The standard InChI is InChI=1S/C12H15F3N2O3/c1-11(2,3)20-10(19)16-5-4-9(6-16)17(8-18)7-12(13,14)15/h4-6,8H,7H2,1-3H3. The second kappa shape index (κ2) is 5.56. The smallest absolute Gasteiger partial charge is 0.418 e. The van der Waals surface area contributed by atoms with E-state index in [-0.39, 0.29) is 12.1 Å². The first-order valence-corrected chi connectivity index (χ1v) is 5.72. The molecule has 20 heavy (non-hydrogen) atoms. The largest absolute Gasteiger partial charge is 0.443 e. The van der Waals surface area contributed by atoms with Crippen LogP contribution in [-0.2, 0) is 9.53 Å². The summed E-state index contributed by atoms with van der Waals surface area (Å²) >= 11 is 0. The quantitative estimate of drug-likeness (QED) is 0.805. The van der Waals surface area contributed by atoms with E-state index in [4.69, 9.17) is 4.74 Å². The van der Waals surface area contributed by atoms with E-state index in [9.17, 15) is 22.8 Å². The Labute approximate surface area is 113 Å². The Kier molecular flexibility index (Phi) is 4.46. The average molecular weight is 292 g/mol. The van der Waals surface area contributed by atoms with Gasteiger partial charge in [-0.2, -0.15) is 13.2 Å². The summed E-state index contributed by atoms with van der Waals surface area (Å²) in [6.07, 6.45) is -2.86. The number of hydrogen-bond acceptors (Lipinski definition) is 3. The maximum absolute atomic E-state index is 12.3. The highest BCUT2D eigenvalue weighted by atomic mass is 19.4. The van der Waals surface area contributed by atoms with Crippen molar-refractivity contribution in [1.29, 1.82) is 0 Å². The van der Waals surface area contributed by atoms with Crippen LogP contribution in [0.1, 0.15) is 20.8 Å². The van der Waals surface area contributed by atoms with E-state index >= 15 is 0 Å². The van der Waals surface area contributed by atoms with Crippen molar-refractivity contribution in [1.82, 2.24) is 4.57 Å². The van der Waals surface area contributed by atoms with Crippen molar-refractivity contribution in [3.63, 3.8) is 0 Å². The molecular formula is C12H15F3N2O3. The number of hydrogen-bond donors (Lipinski definition) is 0. The molecule has 0 saturated heterocycles. The van der Waals surface area contributed by atoms with E-state index in [0.29, 0.717) is 4.90 Å². The highest BCUT2D eigenvalue weighted by molar-refractivity contribution is 5.78. The molecule has 0 bridgehead atoms. The molecule has 1 amide bonds. The van der Waals surface area contributed by atoms with Gasteiger partial charge in [0.25, 0.3) is 0 Å². The third-order valence-electron chi connectivity index (χ3n) is 2.09. The van der Waals surface area contributed by atoms with Crippen molar-refractivity contribution in [3.05, 3.63) is 18.5 Å². The highest BCUT2D eigenvalue weighted by Gasteiger charge is 2.31. The number of halogens is 3. The van der Waals surface area contributed by atoms with Gasteiger partial charge in [-0.3, -0.25) is 9.36 Å². The number of carbonyl (C=O) groups excluding carboxylic acids is 2. The lowest BCUT2D eigenvalue weighted by Gasteiger charge is -2.19. The number of alkyl halides is 3. The van der Waals surface area contributed by atoms with Crippen LogP contribution in [0.2, 0.25) is 0 Å².